The molecule has 4 aromatic rings. The van der Waals surface area contributed by atoms with Crippen molar-refractivity contribution in [3.8, 4) is 11.1 Å². The van der Waals surface area contributed by atoms with Crippen molar-refractivity contribution >= 4 is 26.8 Å². The third kappa shape index (κ3) is 6.24. The number of benzene rings is 3. The lowest BCUT2D eigenvalue weighted by molar-refractivity contribution is -0.137. The van der Waals surface area contributed by atoms with Crippen molar-refractivity contribution in [1.29, 1.82) is 0 Å². The summed E-state index contributed by atoms with van der Waals surface area (Å²) >= 11 is 0. The molecular formula is C33H36F3N3O5S. The molecule has 0 aliphatic carbocycles. The number of para-hydroxylation sites is 1. The number of carbonyl (C=O) groups excluding carboxylic acids is 1. The molecule has 0 bridgehead atoms. The molecule has 0 saturated carbocycles. The first kappa shape index (κ1) is 32.7. The van der Waals surface area contributed by atoms with Crippen molar-refractivity contribution in [2.24, 2.45) is 13.0 Å². The van der Waals surface area contributed by atoms with Crippen LogP contribution < -0.4 is 0 Å². The second-order valence-corrected chi connectivity index (χ2v) is 13.6. The zero-order valence-corrected chi connectivity index (χ0v) is 26.3. The Morgan fingerprint density at radius 3 is 2.36 bits per heavy atom. The number of hydrogen-bond acceptors (Lipinski definition) is 5. The summed E-state index contributed by atoms with van der Waals surface area (Å²) in [5.41, 5.74) is 2.75. The Morgan fingerprint density at radius 1 is 1.04 bits per heavy atom. The van der Waals surface area contributed by atoms with Gasteiger partial charge in [-0.2, -0.15) is 17.5 Å². The minimum absolute atomic E-state index is 0.117. The van der Waals surface area contributed by atoms with Gasteiger partial charge in [0.15, 0.2) is 0 Å². The number of hydrogen-bond donors (Lipinski definition) is 1. The van der Waals surface area contributed by atoms with E-state index in [9.17, 15) is 31.5 Å². The molecule has 5 rings (SSSR count). The minimum Gasteiger partial charge on any atom is -0.394 e. The van der Waals surface area contributed by atoms with E-state index in [4.69, 9.17) is 4.74 Å². The average molecular weight is 644 g/mol. The van der Waals surface area contributed by atoms with Gasteiger partial charge >= 0.3 is 6.18 Å². The van der Waals surface area contributed by atoms with E-state index in [2.05, 4.69) is 0 Å². The highest BCUT2D eigenvalue weighted by Crippen LogP contribution is 2.38. The van der Waals surface area contributed by atoms with E-state index in [0.717, 1.165) is 56.2 Å². The zero-order chi connectivity index (χ0) is 32.7. The van der Waals surface area contributed by atoms with Crippen LogP contribution in [0.3, 0.4) is 0 Å². The fourth-order valence-corrected chi connectivity index (χ4v) is 7.06. The molecule has 1 aromatic heterocycles. The number of carbonyl (C=O) groups is 1. The van der Waals surface area contributed by atoms with Gasteiger partial charge in [0.2, 0.25) is 10.0 Å². The van der Waals surface area contributed by atoms with Gasteiger partial charge in [0.1, 0.15) is 5.69 Å². The summed E-state index contributed by atoms with van der Waals surface area (Å²) < 4.78 is 75.5. The van der Waals surface area contributed by atoms with Crippen molar-refractivity contribution in [3.63, 3.8) is 0 Å². The van der Waals surface area contributed by atoms with Gasteiger partial charge in [-0.25, -0.2) is 8.42 Å². The lowest BCUT2D eigenvalue weighted by Crippen LogP contribution is -2.48. The molecule has 2 heterocycles. The fraction of sp³-hybridized carbons (Fsp3) is 0.364. The Balaban J connectivity index is 1.56. The summed E-state index contributed by atoms with van der Waals surface area (Å²) in [5.74, 6) is -0.685. The van der Waals surface area contributed by atoms with Crippen molar-refractivity contribution in [1.82, 2.24) is 13.8 Å². The first-order valence-electron chi connectivity index (χ1n) is 14.6. The van der Waals surface area contributed by atoms with Gasteiger partial charge in [-0.1, -0.05) is 49.4 Å². The topological polar surface area (TPSA) is 92.1 Å². The second kappa shape index (κ2) is 12.6. The third-order valence-corrected chi connectivity index (χ3v) is 10.4. The molecular weight excluding hydrogens is 607 g/mol. The molecule has 12 heteroatoms. The Bertz CT molecular complexity index is 1800. The number of sulfonamides is 1. The summed E-state index contributed by atoms with van der Waals surface area (Å²) in [7, 11) is -0.986. The molecule has 1 aliphatic rings. The van der Waals surface area contributed by atoms with Crippen molar-refractivity contribution in [3.05, 3.63) is 89.6 Å². The van der Waals surface area contributed by atoms with Crippen LogP contribution in [-0.4, -0.2) is 72.1 Å². The number of aryl methyl sites for hydroxylation is 1. The van der Waals surface area contributed by atoms with E-state index >= 15 is 0 Å². The van der Waals surface area contributed by atoms with Gasteiger partial charge in [-0.05, 0) is 48.4 Å². The number of aliphatic hydroxyl groups excluding tert-OH is 1. The van der Waals surface area contributed by atoms with E-state index in [1.807, 2.05) is 67.1 Å². The number of rotatable bonds is 6. The quantitative estimate of drug-likeness (QED) is 0.298. The number of fused-ring (bicyclic) bond motifs is 5. The van der Waals surface area contributed by atoms with Crippen LogP contribution in [0.5, 0.6) is 0 Å². The Kier molecular flexibility index (Phi) is 9.14. The molecule has 240 valence electrons. The van der Waals surface area contributed by atoms with E-state index in [1.165, 1.54) is 7.05 Å². The van der Waals surface area contributed by atoms with E-state index < -0.39 is 39.8 Å². The molecule has 1 aliphatic heterocycles. The minimum atomic E-state index is -4.59. The predicted molar refractivity (Wildman–Crippen MR) is 165 cm³/mol. The van der Waals surface area contributed by atoms with Crippen molar-refractivity contribution in [2.75, 3.05) is 26.7 Å². The van der Waals surface area contributed by atoms with Crippen LogP contribution in [0.4, 0.5) is 13.2 Å². The lowest BCUT2D eigenvalue weighted by atomic mass is 9.96. The van der Waals surface area contributed by atoms with Gasteiger partial charge in [0.25, 0.3) is 5.91 Å². The van der Waals surface area contributed by atoms with Crippen LogP contribution in [0.1, 0.15) is 35.5 Å². The molecule has 0 unspecified atom stereocenters. The van der Waals surface area contributed by atoms with Gasteiger partial charge in [-0.3, -0.25) is 4.79 Å². The maximum atomic E-state index is 14.5. The summed E-state index contributed by atoms with van der Waals surface area (Å²) in [6.45, 7) is 3.44. The molecule has 0 spiro atoms. The number of halogens is 3. The third-order valence-electron chi connectivity index (χ3n) is 8.55. The molecule has 1 amide bonds. The molecule has 1 N–H and O–H groups in total. The van der Waals surface area contributed by atoms with E-state index in [1.54, 1.807) is 11.8 Å². The van der Waals surface area contributed by atoms with Crippen LogP contribution in [0.15, 0.2) is 77.7 Å². The highest BCUT2D eigenvalue weighted by molar-refractivity contribution is 7.89. The number of aromatic nitrogens is 1. The first-order valence-corrected chi connectivity index (χ1v) is 16.0. The van der Waals surface area contributed by atoms with Gasteiger partial charge < -0.3 is 19.3 Å². The largest absolute Gasteiger partial charge is 0.416 e. The first-order chi connectivity index (χ1) is 21.3. The Hall–Kier alpha value is -3.71. The molecule has 3 atom stereocenters. The molecule has 0 radical (unpaired) electrons. The molecule has 0 saturated heterocycles. The predicted octanol–water partition coefficient (Wildman–Crippen LogP) is 5.54. The summed E-state index contributed by atoms with van der Waals surface area (Å²) in [4.78, 5) is 15.8. The Labute approximate surface area is 260 Å². The number of amides is 1. The van der Waals surface area contributed by atoms with Crippen LogP contribution in [0, 0.1) is 5.92 Å². The standard InChI is InChI=1S/C33H36F3N3O5S/c1-21-17-39(22(2)19-40)32(41)31-30(27-11-7-8-12-28(27)38(31)4)26-10-6-5-9-23(26)20-44-29(21)18-37(3)45(42,43)25-15-13-24(14-16-25)33(34,35)36/h5-16,21-22,29,40H,17-20H2,1-4H3/t21-,22-,29-/m1/s1. The Morgan fingerprint density at radius 2 is 1.69 bits per heavy atom. The van der Waals surface area contributed by atoms with Gasteiger partial charge in [-0.15, -0.1) is 0 Å². The van der Waals surface area contributed by atoms with E-state index in [0.29, 0.717) is 5.69 Å². The van der Waals surface area contributed by atoms with Crippen molar-refractivity contribution < 1.29 is 36.2 Å². The highest BCUT2D eigenvalue weighted by atomic mass is 32.2. The van der Waals surface area contributed by atoms with Crippen molar-refractivity contribution in [2.45, 2.75) is 43.7 Å². The average Bonchev–Trinajstić information content (AvgIpc) is 3.31. The number of ether oxygens (including phenoxy) is 1. The molecule has 45 heavy (non-hydrogen) atoms. The summed E-state index contributed by atoms with van der Waals surface area (Å²) in [5, 5.41) is 11.1. The maximum absolute atomic E-state index is 14.5. The van der Waals surface area contributed by atoms with Crippen LogP contribution >= 0.6 is 0 Å². The number of likely N-dealkylation sites (N-methyl/N-ethyl adjacent to an activating group) is 1. The summed E-state index contributed by atoms with van der Waals surface area (Å²) in [6.07, 6.45) is -5.31. The van der Waals surface area contributed by atoms with Gasteiger partial charge in [0, 0.05) is 49.6 Å². The molecule has 8 nitrogen and oxygen atoms in total. The van der Waals surface area contributed by atoms with Crippen LogP contribution in [0.25, 0.3) is 22.0 Å². The fourth-order valence-electron chi connectivity index (χ4n) is 5.87. The zero-order valence-electron chi connectivity index (χ0n) is 25.5. The van der Waals surface area contributed by atoms with E-state index in [-0.39, 0.29) is 37.1 Å². The molecule has 0 fully saturated rings. The van der Waals surface area contributed by atoms with Crippen LogP contribution in [0.2, 0.25) is 0 Å². The second-order valence-electron chi connectivity index (χ2n) is 11.6. The number of alkyl halides is 3. The lowest BCUT2D eigenvalue weighted by Gasteiger charge is -2.35. The normalized spacial score (nSPS) is 18.9. The number of aliphatic hydroxyl groups is 1. The number of nitrogens with zero attached hydrogens (tertiary/aromatic N) is 3. The SMILES string of the molecule is C[C@@H]1CN([C@H](C)CO)C(=O)c2c(c3ccccc3n2C)-c2ccccc2CO[C@@H]1CN(C)S(=O)(=O)c1ccc(C(F)(F)F)cc1. The maximum Gasteiger partial charge on any atom is 0.416 e. The smallest absolute Gasteiger partial charge is 0.394 e. The van der Waals surface area contributed by atoms with Gasteiger partial charge in [0.05, 0.1) is 35.8 Å². The van der Waals surface area contributed by atoms with Crippen LogP contribution in [-0.2, 0) is 34.6 Å². The monoisotopic (exact) mass is 643 g/mol. The highest BCUT2D eigenvalue weighted by Gasteiger charge is 2.35. The molecule has 3 aromatic carbocycles. The summed E-state index contributed by atoms with van der Waals surface area (Å²) in [6, 6.07) is 18.1.